The quantitative estimate of drug-likeness (QED) is 0.622. The number of nitrogens with zero attached hydrogens (tertiary/aromatic N) is 3. The number of rotatable bonds is 4. The lowest BCUT2D eigenvalue weighted by Crippen LogP contribution is -2.51. The number of nitrogens with two attached hydrogens (primary N) is 1. The molecule has 2 aromatic rings. The van der Waals surface area contributed by atoms with Crippen LogP contribution in [0, 0.1) is 5.82 Å². The Balaban J connectivity index is 1.59. The summed E-state index contributed by atoms with van der Waals surface area (Å²) in [5.41, 5.74) is 6.57. The summed E-state index contributed by atoms with van der Waals surface area (Å²) in [4.78, 5) is 8.56. The number of benzene rings is 2. The lowest BCUT2D eigenvalue weighted by Gasteiger charge is -2.36. The summed E-state index contributed by atoms with van der Waals surface area (Å²) in [5.74, 6) is 0.167. The van der Waals surface area contributed by atoms with Gasteiger partial charge >= 0.3 is 0 Å². The fourth-order valence-electron chi connectivity index (χ4n) is 3.16. The molecule has 0 radical (unpaired) electrons. The van der Waals surface area contributed by atoms with E-state index < -0.39 is 5.60 Å². The third-order valence-electron chi connectivity index (χ3n) is 4.80. The van der Waals surface area contributed by atoms with E-state index in [4.69, 9.17) is 17.3 Å². The maximum atomic E-state index is 13.1. The molecule has 3 N–H and O–H groups in total. The number of anilines is 1. The van der Waals surface area contributed by atoms with Gasteiger partial charge in [0, 0.05) is 42.5 Å². The van der Waals surface area contributed by atoms with Gasteiger partial charge < -0.3 is 20.6 Å². The molecule has 0 amide bonds. The molecule has 0 saturated carbocycles. The minimum Gasteiger partial charge on any atom is -0.383 e. The van der Waals surface area contributed by atoms with E-state index in [2.05, 4.69) is 9.89 Å². The average molecular weight is 391 g/mol. The Kier molecular flexibility index (Phi) is 5.87. The van der Waals surface area contributed by atoms with E-state index in [1.807, 2.05) is 17.0 Å². The van der Waals surface area contributed by atoms with Crippen LogP contribution in [0.1, 0.15) is 12.5 Å². The molecular formula is C20H24ClFN4O. The Morgan fingerprint density at radius 2 is 1.78 bits per heavy atom. The molecule has 0 spiro atoms. The maximum Gasteiger partial charge on any atom is 0.191 e. The van der Waals surface area contributed by atoms with E-state index in [0.717, 1.165) is 18.8 Å². The molecule has 5 nitrogen and oxygen atoms in total. The van der Waals surface area contributed by atoms with Gasteiger partial charge in [0.05, 0.1) is 6.54 Å². The molecule has 3 rings (SSSR count). The zero-order valence-electron chi connectivity index (χ0n) is 15.3. The second-order valence-electron chi connectivity index (χ2n) is 6.88. The van der Waals surface area contributed by atoms with Crippen LogP contribution in [0.15, 0.2) is 53.5 Å². The summed E-state index contributed by atoms with van der Waals surface area (Å²) >= 11 is 6.18. The Morgan fingerprint density at radius 1 is 1.15 bits per heavy atom. The SMILES string of the molecule is CC(O)(CN=C(N)N1CCN(c2ccc(F)cc2)CC1)c1ccccc1Cl. The lowest BCUT2D eigenvalue weighted by atomic mass is 9.96. The van der Waals surface area contributed by atoms with Crippen LogP contribution in [0.2, 0.25) is 5.02 Å². The lowest BCUT2D eigenvalue weighted by molar-refractivity contribution is 0.0671. The molecule has 7 heteroatoms. The van der Waals surface area contributed by atoms with Gasteiger partial charge in [0.25, 0.3) is 0 Å². The molecule has 1 atom stereocenters. The summed E-state index contributed by atoms with van der Waals surface area (Å²) in [5, 5.41) is 11.2. The number of guanidine groups is 1. The standard InChI is InChI=1S/C20H24ClFN4O/c1-20(27,17-4-2-3-5-18(17)21)14-24-19(23)26-12-10-25(11-13-26)16-8-6-15(22)7-9-16/h2-9,27H,10-14H2,1H3,(H2,23,24). The van der Waals surface area contributed by atoms with Crippen molar-refractivity contribution in [2.75, 3.05) is 37.6 Å². The van der Waals surface area contributed by atoms with Gasteiger partial charge in [0.2, 0.25) is 0 Å². The zero-order chi connectivity index (χ0) is 19.4. The van der Waals surface area contributed by atoms with E-state index >= 15 is 0 Å². The average Bonchev–Trinajstić information content (AvgIpc) is 2.67. The predicted molar refractivity (Wildman–Crippen MR) is 108 cm³/mol. The molecular weight excluding hydrogens is 367 g/mol. The third-order valence-corrected chi connectivity index (χ3v) is 5.13. The highest BCUT2D eigenvalue weighted by Crippen LogP contribution is 2.28. The first-order valence-corrected chi connectivity index (χ1v) is 9.27. The van der Waals surface area contributed by atoms with Crippen LogP contribution in [0.3, 0.4) is 0 Å². The second kappa shape index (κ2) is 8.15. The maximum absolute atomic E-state index is 13.1. The van der Waals surface area contributed by atoms with Crippen molar-refractivity contribution < 1.29 is 9.50 Å². The van der Waals surface area contributed by atoms with Gasteiger partial charge in [-0.05, 0) is 37.3 Å². The molecule has 1 aliphatic heterocycles. The Labute approximate surface area is 163 Å². The van der Waals surface area contributed by atoms with Gasteiger partial charge in [0.1, 0.15) is 11.4 Å². The summed E-state index contributed by atoms with van der Waals surface area (Å²) in [7, 11) is 0. The fraction of sp³-hybridized carbons (Fsp3) is 0.350. The summed E-state index contributed by atoms with van der Waals surface area (Å²) < 4.78 is 13.1. The monoisotopic (exact) mass is 390 g/mol. The summed E-state index contributed by atoms with van der Waals surface area (Å²) in [6.07, 6.45) is 0. The Morgan fingerprint density at radius 3 is 2.41 bits per heavy atom. The fourth-order valence-corrected chi connectivity index (χ4v) is 3.50. The van der Waals surface area contributed by atoms with Gasteiger partial charge in [-0.15, -0.1) is 0 Å². The van der Waals surface area contributed by atoms with Crippen molar-refractivity contribution in [1.82, 2.24) is 4.90 Å². The smallest absolute Gasteiger partial charge is 0.191 e. The minimum absolute atomic E-state index is 0.126. The van der Waals surface area contributed by atoms with Crippen LogP contribution >= 0.6 is 11.6 Å². The minimum atomic E-state index is -1.20. The highest BCUT2D eigenvalue weighted by molar-refractivity contribution is 6.31. The van der Waals surface area contributed by atoms with Crippen LogP contribution in [0.5, 0.6) is 0 Å². The van der Waals surface area contributed by atoms with Crippen molar-refractivity contribution in [2.45, 2.75) is 12.5 Å². The van der Waals surface area contributed by atoms with Crippen molar-refractivity contribution >= 4 is 23.2 Å². The van der Waals surface area contributed by atoms with Gasteiger partial charge in [-0.25, -0.2) is 9.38 Å². The first-order chi connectivity index (χ1) is 12.9. The molecule has 144 valence electrons. The molecule has 1 unspecified atom stereocenters. The van der Waals surface area contributed by atoms with E-state index in [-0.39, 0.29) is 12.4 Å². The topological polar surface area (TPSA) is 65.1 Å². The van der Waals surface area contributed by atoms with Gasteiger partial charge in [-0.3, -0.25) is 0 Å². The van der Waals surface area contributed by atoms with E-state index in [1.54, 1.807) is 31.2 Å². The second-order valence-corrected chi connectivity index (χ2v) is 7.29. The molecule has 1 heterocycles. The van der Waals surface area contributed by atoms with E-state index in [1.165, 1.54) is 12.1 Å². The van der Waals surface area contributed by atoms with Crippen LogP contribution in [-0.2, 0) is 5.60 Å². The highest BCUT2D eigenvalue weighted by atomic mass is 35.5. The molecule has 0 aliphatic carbocycles. The number of aliphatic hydroxyl groups is 1. The molecule has 1 aliphatic rings. The first kappa shape index (κ1) is 19.5. The number of hydrogen-bond acceptors (Lipinski definition) is 3. The number of halogens is 2. The largest absolute Gasteiger partial charge is 0.383 e. The molecule has 1 fully saturated rings. The molecule has 27 heavy (non-hydrogen) atoms. The predicted octanol–water partition coefficient (Wildman–Crippen LogP) is 2.82. The highest BCUT2D eigenvalue weighted by Gasteiger charge is 2.26. The van der Waals surface area contributed by atoms with Crippen molar-refractivity contribution in [2.24, 2.45) is 10.7 Å². The molecule has 0 aromatic heterocycles. The molecule has 1 saturated heterocycles. The normalized spacial score (nSPS) is 17.7. The van der Waals surface area contributed by atoms with Crippen molar-refractivity contribution in [1.29, 1.82) is 0 Å². The summed E-state index contributed by atoms with van der Waals surface area (Å²) in [6, 6.07) is 13.7. The van der Waals surface area contributed by atoms with Crippen molar-refractivity contribution in [3.05, 3.63) is 64.9 Å². The zero-order valence-corrected chi connectivity index (χ0v) is 16.0. The van der Waals surface area contributed by atoms with Crippen molar-refractivity contribution in [3.8, 4) is 0 Å². The Hall–Kier alpha value is -2.31. The number of hydrogen-bond donors (Lipinski definition) is 2. The van der Waals surface area contributed by atoms with E-state index in [0.29, 0.717) is 29.6 Å². The van der Waals surface area contributed by atoms with Gasteiger partial charge in [-0.1, -0.05) is 29.8 Å². The van der Waals surface area contributed by atoms with E-state index in [9.17, 15) is 9.50 Å². The third kappa shape index (κ3) is 4.70. The van der Waals surface area contributed by atoms with Crippen LogP contribution in [0.4, 0.5) is 10.1 Å². The number of aliphatic imine (C=N–C) groups is 1. The first-order valence-electron chi connectivity index (χ1n) is 8.89. The van der Waals surface area contributed by atoms with Crippen LogP contribution < -0.4 is 10.6 Å². The van der Waals surface area contributed by atoms with Gasteiger partial charge in [0.15, 0.2) is 5.96 Å². The molecule has 0 bridgehead atoms. The van der Waals surface area contributed by atoms with Crippen molar-refractivity contribution in [3.63, 3.8) is 0 Å². The molecule has 2 aromatic carbocycles. The van der Waals surface area contributed by atoms with Gasteiger partial charge in [-0.2, -0.15) is 0 Å². The Bertz CT molecular complexity index is 802. The van der Waals surface area contributed by atoms with Crippen LogP contribution in [-0.4, -0.2) is 48.7 Å². The number of piperazine rings is 1. The summed E-state index contributed by atoms with van der Waals surface area (Å²) in [6.45, 7) is 4.76. The van der Waals surface area contributed by atoms with Crippen LogP contribution in [0.25, 0.3) is 0 Å².